The molecule has 0 fully saturated rings. The van der Waals surface area contributed by atoms with E-state index in [9.17, 15) is 0 Å². The summed E-state index contributed by atoms with van der Waals surface area (Å²) in [5.74, 6) is 1.77. The average Bonchev–Trinajstić information content (AvgIpc) is 3.86. The minimum Gasteiger partial charge on any atom is -0.455 e. The molecule has 0 aliphatic heterocycles. The third-order valence-corrected chi connectivity index (χ3v) is 10.6. The summed E-state index contributed by atoms with van der Waals surface area (Å²) in [4.78, 5) is 14.9. The summed E-state index contributed by atoms with van der Waals surface area (Å²) in [6.45, 7) is 0. The van der Waals surface area contributed by atoms with Crippen LogP contribution in [0.25, 0.3) is 111 Å². The van der Waals surface area contributed by atoms with Gasteiger partial charge >= 0.3 is 0 Å². The maximum absolute atomic E-state index is 6.78. The second-order valence-corrected chi connectivity index (χ2v) is 13.9. The Morgan fingerprint density at radius 1 is 0.286 bits per heavy atom. The number of nitrogens with zero attached hydrogens (tertiary/aromatic N) is 3. The molecule has 8 aromatic carbocycles. The molecule has 11 aromatic rings. The Balaban J connectivity index is 1.06. The highest BCUT2D eigenvalue weighted by Gasteiger charge is 2.21. The molecule has 0 aliphatic rings. The van der Waals surface area contributed by atoms with Crippen molar-refractivity contribution >= 4 is 43.9 Å². The summed E-state index contributed by atoms with van der Waals surface area (Å²) in [5, 5.41) is 4.19. The molecule has 5 nitrogen and oxygen atoms in total. The van der Waals surface area contributed by atoms with Crippen LogP contribution in [0.2, 0.25) is 0 Å². The molecule has 3 aromatic heterocycles. The largest absolute Gasteiger partial charge is 0.455 e. The normalized spacial score (nSPS) is 11.6. The predicted molar refractivity (Wildman–Crippen MR) is 227 cm³/mol. The molecule has 0 amide bonds. The molecule has 0 saturated heterocycles. The molecule has 0 unspecified atom stereocenters. The van der Waals surface area contributed by atoms with Crippen LogP contribution in [0, 0.1) is 0 Å². The number of aromatic nitrogens is 3. The van der Waals surface area contributed by atoms with Gasteiger partial charge in [-0.1, -0.05) is 152 Å². The van der Waals surface area contributed by atoms with Crippen LogP contribution in [-0.2, 0) is 0 Å². The maximum atomic E-state index is 6.78. The third-order valence-electron chi connectivity index (χ3n) is 10.6. The molecule has 0 bridgehead atoms. The van der Waals surface area contributed by atoms with Gasteiger partial charge in [0.25, 0.3) is 0 Å². The monoisotopic (exact) mass is 717 g/mol. The van der Waals surface area contributed by atoms with Gasteiger partial charge in [0.15, 0.2) is 17.5 Å². The molecule has 0 atom stereocenters. The Labute approximate surface area is 322 Å². The first-order valence-electron chi connectivity index (χ1n) is 18.7. The summed E-state index contributed by atoms with van der Waals surface area (Å²) < 4.78 is 13.5. The van der Waals surface area contributed by atoms with Gasteiger partial charge in [-0.15, -0.1) is 0 Å². The van der Waals surface area contributed by atoms with Gasteiger partial charge in [0.1, 0.15) is 22.3 Å². The first-order valence-corrected chi connectivity index (χ1v) is 18.7. The standard InChI is InChI=1S/C51H31N3O2/c1-4-14-32(15-5-1)35-20-12-21-36(30-35)38-28-29-39(48-46(38)42-22-10-11-25-44(42)55-48)37-26-27-40-41-23-13-24-43(47(41)56-45(40)31-37)51-53-49(33-16-6-2-7-17-33)52-50(54-51)34-18-8-3-9-19-34/h1-31H. The Kier molecular flexibility index (Phi) is 7.42. The zero-order valence-electron chi connectivity index (χ0n) is 30.1. The lowest BCUT2D eigenvalue weighted by atomic mass is 9.93. The van der Waals surface area contributed by atoms with Crippen molar-refractivity contribution in [3.63, 3.8) is 0 Å². The van der Waals surface area contributed by atoms with E-state index < -0.39 is 0 Å². The van der Waals surface area contributed by atoms with E-state index in [1.165, 1.54) is 11.1 Å². The van der Waals surface area contributed by atoms with Crippen molar-refractivity contribution in [2.75, 3.05) is 0 Å². The van der Waals surface area contributed by atoms with Crippen LogP contribution in [0.5, 0.6) is 0 Å². The Bertz CT molecular complexity index is 3180. The lowest BCUT2D eigenvalue weighted by molar-refractivity contribution is 0.668. The SMILES string of the molecule is c1ccc(-c2cccc(-c3ccc(-c4ccc5c(c4)oc4c(-c6nc(-c7ccccc7)nc(-c7ccccc7)n6)cccc45)c4oc5ccccc5c34)c2)cc1. The fourth-order valence-corrected chi connectivity index (χ4v) is 7.86. The molecule has 0 saturated carbocycles. The predicted octanol–water partition coefficient (Wildman–Crippen LogP) is 13.7. The van der Waals surface area contributed by atoms with Crippen LogP contribution < -0.4 is 0 Å². The van der Waals surface area contributed by atoms with Crippen molar-refractivity contribution in [2.24, 2.45) is 0 Å². The molecule has 0 N–H and O–H groups in total. The zero-order valence-corrected chi connectivity index (χ0v) is 30.1. The smallest absolute Gasteiger partial charge is 0.167 e. The summed E-state index contributed by atoms with van der Waals surface area (Å²) in [5.41, 5.74) is 12.5. The summed E-state index contributed by atoms with van der Waals surface area (Å²) >= 11 is 0. The van der Waals surface area contributed by atoms with E-state index in [0.717, 1.165) is 82.8 Å². The van der Waals surface area contributed by atoms with Gasteiger partial charge in [-0.05, 0) is 64.2 Å². The molecule has 11 rings (SSSR count). The Hall–Kier alpha value is -7.63. The molecule has 0 spiro atoms. The number of benzene rings is 8. The van der Waals surface area contributed by atoms with Gasteiger partial charge in [-0.2, -0.15) is 0 Å². The van der Waals surface area contributed by atoms with Crippen LogP contribution >= 0.6 is 0 Å². The average molecular weight is 718 g/mol. The van der Waals surface area contributed by atoms with E-state index in [-0.39, 0.29) is 0 Å². The minimum absolute atomic E-state index is 0.554. The topological polar surface area (TPSA) is 65.0 Å². The first kappa shape index (κ1) is 31.9. The number of furan rings is 2. The minimum atomic E-state index is 0.554. The van der Waals surface area contributed by atoms with Gasteiger partial charge in [0, 0.05) is 38.2 Å². The lowest BCUT2D eigenvalue weighted by Crippen LogP contribution is -2.00. The lowest BCUT2D eigenvalue weighted by Gasteiger charge is -2.10. The van der Waals surface area contributed by atoms with Crippen LogP contribution in [0.15, 0.2) is 197 Å². The molecule has 5 heteroatoms. The molecule has 3 heterocycles. The van der Waals surface area contributed by atoms with E-state index in [1.54, 1.807) is 0 Å². The van der Waals surface area contributed by atoms with Crippen molar-refractivity contribution < 1.29 is 8.83 Å². The van der Waals surface area contributed by atoms with Gasteiger partial charge in [-0.25, -0.2) is 15.0 Å². The molecule has 0 radical (unpaired) electrons. The van der Waals surface area contributed by atoms with Gasteiger partial charge in [0.05, 0.1) is 5.56 Å². The number of para-hydroxylation sites is 2. The van der Waals surface area contributed by atoms with Gasteiger partial charge in [0.2, 0.25) is 0 Å². The van der Waals surface area contributed by atoms with E-state index >= 15 is 0 Å². The van der Waals surface area contributed by atoms with Crippen molar-refractivity contribution in [1.82, 2.24) is 15.0 Å². The Morgan fingerprint density at radius 2 is 0.839 bits per heavy atom. The van der Waals surface area contributed by atoms with Crippen LogP contribution in [-0.4, -0.2) is 15.0 Å². The van der Waals surface area contributed by atoms with E-state index in [4.69, 9.17) is 23.8 Å². The molecule has 262 valence electrons. The van der Waals surface area contributed by atoms with E-state index in [0.29, 0.717) is 17.5 Å². The molecular formula is C51H31N3O2. The third kappa shape index (κ3) is 5.37. The summed E-state index contributed by atoms with van der Waals surface area (Å²) in [6.07, 6.45) is 0. The number of rotatable bonds is 6. The number of fused-ring (bicyclic) bond motifs is 6. The summed E-state index contributed by atoms with van der Waals surface area (Å²) in [7, 11) is 0. The molecular weight excluding hydrogens is 687 g/mol. The van der Waals surface area contributed by atoms with Gasteiger partial charge in [-0.3, -0.25) is 0 Å². The Morgan fingerprint density at radius 3 is 1.59 bits per heavy atom. The number of hydrogen-bond acceptors (Lipinski definition) is 5. The molecule has 0 aliphatic carbocycles. The van der Waals surface area contributed by atoms with Crippen molar-refractivity contribution in [1.29, 1.82) is 0 Å². The van der Waals surface area contributed by atoms with E-state index in [1.807, 2.05) is 91.0 Å². The highest BCUT2D eigenvalue weighted by molar-refractivity contribution is 6.17. The second-order valence-electron chi connectivity index (χ2n) is 13.9. The summed E-state index contributed by atoms with van der Waals surface area (Å²) in [6, 6.07) is 64.5. The second kappa shape index (κ2) is 13.0. The van der Waals surface area contributed by atoms with Crippen molar-refractivity contribution in [2.45, 2.75) is 0 Å². The highest BCUT2D eigenvalue weighted by Crippen LogP contribution is 2.44. The fraction of sp³-hybridized carbons (Fsp3) is 0. The van der Waals surface area contributed by atoms with Crippen molar-refractivity contribution in [3.05, 3.63) is 188 Å². The number of hydrogen-bond donors (Lipinski definition) is 0. The maximum Gasteiger partial charge on any atom is 0.167 e. The van der Waals surface area contributed by atoms with E-state index in [2.05, 4.69) is 97.1 Å². The fourth-order valence-electron chi connectivity index (χ4n) is 7.86. The van der Waals surface area contributed by atoms with Crippen LogP contribution in [0.4, 0.5) is 0 Å². The quantitative estimate of drug-likeness (QED) is 0.171. The first-order chi connectivity index (χ1) is 27.7. The zero-order chi connectivity index (χ0) is 37.0. The van der Waals surface area contributed by atoms with Crippen LogP contribution in [0.3, 0.4) is 0 Å². The molecule has 56 heavy (non-hydrogen) atoms. The highest BCUT2D eigenvalue weighted by atomic mass is 16.3. The van der Waals surface area contributed by atoms with Crippen molar-refractivity contribution in [3.8, 4) is 67.5 Å². The van der Waals surface area contributed by atoms with Crippen LogP contribution in [0.1, 0.15) is 0 Å². The van der Waals surface area contributed by atoms with Gasteiger partial charge < -0.3 is 8.83 Å².